The maximum atomic E-state index is 12.0. The van der Waals surface area contributed by atoms with Crippen molar-refractivity contribution in [2.24, 2.45) is 0 Å². The van der Waals surface area contributed by atoms with E-state index in [0.29, 0.717) is 17.9 Å². The summed E-state index contributed by atoms with van der Waals surface area (Å²) in [4.78, 5) is 24.0. The van der Waals surface area contributed by atoms with Crippen molar-refractivity contribution in [3.63, 3.8) is 0 Å². The van der Waals surface area contributed by atoms with Crippen molar-refractivity contribution in [2.75, 3.05) is 28.4 Å². The molecule has 0 saturated heterocycles. The van der Waals surface area contributed by atoms with E-state index in [1.807, 2.05) is 0 Å². The molecule has 0 amide bonds. The highest BCUT2D eigenvalue weighted by Gasteiger charge is 2.31. The number of aromatic nitrogens is 1. The molecule has 0 unspecified atom stereocenters. The fourth-order valence-corrected chi connectivity index (χ4v) is 2.70. The van der Waals surface area contributed by atoms with Gasteiger partial charge in [-0.25, -0.2) is 9.59 Å². The molecule has 9 heteroatoms. The molecule has 0 spiro atoms. The van der Waals surface area contributed by atoms with Crippen molar-refractivity contribution in [3.8, 4) is 23.0 Å². The summed E-state index contributed by atoms with van der Waals surface area (Å²) in [7, 11) is 5.28. The van der Waals surface area contributed by atoms with Crippen molar-refractivity contribution in [1.82, 2.24) is 4.57 Å². The topological polar surface area (TPSA) is 116 Å². The number of ether oxygens (including phenoxy) is 4. The number of hydrogen-bond donors (Lipinski definition) is 2. The minimum absolute atomic E-state index is 0.0818. The lowest BCUT2D eigenvalue weighted by atomic mass is 10.1. The fraction of sp³-hybridized carbons (Fsp3) is 0.333. The number of carbonyl (C=O) groups excluding carboxylic acids is 2. The van der Waals surface area contributed by atoms with E-state index < -0.39 is 23.4 Å². The first-order chi connectivity index (χ1) is 12.9. The average Bonchev–Trinajstić information content (AvgIpc) is 2.95. The highest BCUT2D eigenvalue weighted by molar-refractivity contribution is 5.99. The zero-order valence-corrected chi connectivity index (χ0v) is 15.4. The van der Waals surface area contributed by atoms with Gasteiger partial charge >= 0.3 is 11.9 Å². The second-order valence-electron chi connectivity index (χ2n) is 5.47. The van der Waals surface area contributed by atoms with Crippen LogP contribution >= 0.6 is 0 Å². The molecular weight excluding hydrogens is 358 g/mol. The molecule has 9 nitrogen and oxygen atoms in total. The molecule has 2 N–H and O–H groups in total. The second kappa shape index (κ2) is 8.35. The molecule has 1 heterocycles. The van der Waals surface area contributed by atoms with Crippen molar-refractivity contribution >= 4 is 11.9 Å². The fourth-order valence-electron chi connectivity index (χ4n) is 2.70. The molecule has 0 aliphatic heterocycles. The van der Waals surface area contributed by atoms with Crippen LogP contribution in [-0.4, -0.2) is 55.2 Å². The van der Waals surface area contributed by atoms with Gasteiger partial charge in [0.05, 0.1) is 28.4 Å². The molecule has 0 aliphatic carbocycles. The number of esters is 2. The third-order valence-corrected chi connectivity index (χ3v) is 4.04. The Balaban J connectivity index is 2.44. The summed E-state index contributed by atoms with van der Waals surface area (Å²) >= 11 is 0. The van der Waals surface area contributed by atoms with Gasteiger partial charge in [-0.15, -0.1) is 0 Å². The lowest BCUT2D eigenvalue weighted by Crippen LogP contribution is -2.18. The van der Waals surface area contributed by atoms with Crippen LogP contribution in [0, 0.1) is 0 Å². The Morgan fingerprint density at radius 1 is 0.889 bits per heavy atom. The van der Waals surface area contributed by atoms with Crippen molar-refractivity contribution in [1.29, 1.82) is 0 Å². The van der Waals surface area contributed by atoms with Gasteiger partial charge in [-0.2, -0.15) is 0 Å². The summed E-state index contributed by atoms with van der Waals surface area (Å²) in [5, 5.41) is 20.2. The van der Waals surface area contributed by atoms with E-state index in [1.54, 1.807) is 18.2 Å². The molecule has 2 rings (SSSR count). The Morgan fingerprint density at radius 2 is 1.41 bits per heavy atom. The van der Waals surface area contributed by atoms with Gasteiger partial charge in [-0.1, -0.05) is 6.07 Å². The SMILES string of the molecule is COC(=O)c1c(O)c(O)c(C(=O)OC)n1CCc1ccc(OC)c(OC)c1. The molecule has 1 aromatic carbocycles. The number of aromatic hydroxyl groups is 2. The van der Waals surface area contributed by atoms with Gasteiger partial charge in [0.1, 0.15) is 0 Å². The van der Waals surface area contributed by atoms with Gasteiger partial charge in [0.15, 0.2) is 34.4 Å². The van der Waals surface area contributed by atoms with E-state index in [1.165, 1.54) is 18.8 Å². The smallest absolute Gasteiger partial charge is 0.358 e. The van der Waals surface area contributed by atoms with Crippen LogP contribution in [0.5, 0.6) is 23.0 Å². The minimum Gasteiger partial charge on any atom is -0.503 e. The van der Waals surface area contributed by atoms with E-state index in [-0.39, 0.29) is 17.9 Å². The van der Waals surface area contributed by atoms with E-state index in [4.69, 9.17) is 9.47 Å². The van der Waals surface area contributed by atoms with Gasteiger partial charge in [0.2, 0.25) is 0 Å². The van der Waals surface area contributed by atoms with E-state index in [0.717, 1.165) is 19.8 Å². The maximum absolute atomic E-state index is 12.0. The summed E-state index contributed by atoms with van der Waals surface area (Å²) in [5.41, 5.74) is 0.138. The van der Waals surface area contributed by atoms with Crippen LogP contribution in [-0.2, 0) is 22.4 Å². The first-order valence-electron chi connectivity index (χ1n) is 7.91. The molecule has 0 bridgehead atoms. The second-order valence-corrected chi connectivity index (χ2v) is 5.47. The Bertz CT molecular complexity index is 816. The Labute approximate surface area is 155 Å². The van der Waals surface area contributed by atoms with Crippen molar-refractivity contribution < 1.29 is 38.7 Å². The van der Waals surface area contributed by atoms with Crippen LogP contribution in [0.4, 0.5) is 0 Å². The van der Waals surface area contributed by atoms with E-state index in [2.05, 4.69) is 9.47 Å². The molecule has 146 valence electrons. The Hall–Kier alpha value is -3.36. The normalized spacial score (nSPS) is 10.4. The van der Waals surface area contributed by atoms with Gasteiger partial charge in [-0.3, -0.25) is 0 Å². The molecule has 0 saturated carbocycles. The summed E-state index contributed by atoms with van der Waals surface area (Å²) < 4.78 is 20.9. The number of carbonyl (C=O) groups is 2. The molecule has 1 aromatic heterocycles. The van der Waals surface area contributed by atoms with Gasteiger partial charge in [-0.05, 0) is 24.1 Å². The zero-order chi connectivity index (χ0) is 20.1. The number of nitrogens with zero attached hydrogens (tertiary/aromatic N) is 1. The molecule has 0 atom stereocenters. The molecule has 0 fully saturated rings. The molecular formula is C18H21NO8. The van der Waals surface area contributed by atoms with Gasteiger partial charge in [0, 0.05) is 6.54 Å². The first-order valence-corrected chi connectivity index (χ1v) is 7.91. The van der Waals surface area contributed by atoms with Crippen LogP contribution in [0.25, 0.3) is 0 Å². The lowest BCUT2D eigenvalue weighted by molar-refractivity contribution is 0.0575. The Morgan fingerprint density at radius 3 is 1.85 bits per heavy atom. The third-order valence-electron chi connectivity index (χ3n) is 4.04. The third kappa shape index (κ3) is 3.76. The molecule has 0 aliphatic rings. The number of benzene rings is 1. The zero-order valence-electron chi connectivity index (χ0n) is 15.4. The predicted molar refractivity (Wildman–Crippen MR) is 93.7 cm³/mol. The number of aryl methyl sites for hydroxylation is 1. The number of hydrogen-bond acceptors (Lipinski definition) is 8. The minimum atomic E-state index is -0.898. The highest BCUT2D eigenvalue weighted by atomic mass is 16.5. The quantitative estimate of drug-likeness (QED) is 0.699. The Kier molecular flexibility index (Phi) is 6.17. The van der Waals surface area contributed by atoms with E-state index >= 15 is 0 Å². The number of rotatable bonds is 7. The van der Waals surface area contributed by atoms with Crippen LogP contribution in [0.3, 0.4) is 0 Å². The molecule has 2 aromatic rings. The molecule has 0 radical (unpaired) electrons. The monoisotopic (exact) mass is 379 g/mol. The average molecular weight is 379 g/mol. The van der Waals surface area contributed by atoms with Crippen molar-refractivity contribution in [3.05, 3.63) is 35.2 Å². The molecule has 27 heavy (non-hydrogen) atoms. The van der Waals surface area contributed by atoms with Crippen LogP contribution in [0.1, 0.15) is 26.5 Å². The highest BCUT2D eigenvalue weighted by Crippen LogP contribution is 2.37. The van der Waals surface area contributed by atoms with Gasteiger partial charge in [0.25, 0.3) is 0 Å². The number of methoxy groups -OCH3 is 4. The van der Waals surface area contributed by atoms with Crippen molar-refractivity contribution in [2.45, 2.75) is 13.0 Å². The van der Waals surface area contributed by atoms with Crippen LogP contribution < -0.4 is 9.47 Å². The van der Waals surface area contributed by atoms with Gasteiger partial charge < -0.3 is 33.7 Å². The summed E-state index contributed by atoms with van der Waals surface area (Å²) in [6, 6.07) is 5.26. The summed E-state index contributed by atoms with van der Waals surface area (Å²) in [6.07, 6.45) is 0.349. The lowest BCUT2D eigenvalue weighted by Gasteiger charge is -2.13. The maximum Gasteiger partial charge on any atom is 0.358 e. The van der Waals surface area contributed by atoms with Crippen LogP contribution in [0.15, 0.2) is 18.2 Å². The standard InChI is InChI=1S/C18H21NO8/c1-24-11-6-5-10(9-12(11)25-2)7-8-19-13(17(22)26-3)15(20)16(21)14(19)18(23)27-4/h5-6,9,20-21H,7-8H2,1-4H3. The van der Waals surface area contributed by atoms with Crippen LogP contribution in [0.2, 0.25) is 0 Å². The first kappa shape index (κ1) is 20.0. The predicted octanol–water partition coefficient (Wildman–Crippen LogP) is 1.73. The largest absolute Gasteiger partial charge is 0.503 e. The summed E-state index contributed by atoms with van der Waals surface area (Å²) in [5.74, 6) is -2.20. The van der Waals surface area contributed by atoms with E-state index in [9.17, 15) is 19.8 Å². The summed E-state index contributed by atoms with van der Waals surface area (Å²) in [6.45, 7) is 0.0818.